The molecule has 2 amide bonds. The zero-order valence-electron chi connectivity index (χ0n) is 17.9. The highest BCUT2D eigenvalue weighted by Gasteiger charge is 2.10. The van der Waals surface area contributed by atoms with E-state index in [4.69, 9.17) is 21.7 Å². The van der Waals surface area contributed by atoms with Crippen molar-refractivity contribution < 1.29 is 19.1 Å². The van der Waals surface area contributed by atoms with Gasteiger partial charge in [0.2, 0.25) is 0 Å². The minimum Gasteiger partial charge on any atom is -0.494 e. The Hall–Kier alpha value is -2.97. The summed E-state index contributed by atoms with van der Waals surface area (Å²) in [6.45, 7) is 3.87. The number of carbonyl (C=O) groups excluding carboxylic acids is 2. The number of anilines is 1. The van der Waals surface area contributed by atoms with Crippen molar-refractivity contribution in [2.45, 2.75) is 26.2 Å². The Morgan fingerprint density at radius 3 is 2.45 bits per heavy atom. The lowest BCUT2D eigenvalue weighted by molar-refractivity contribution is 0.0946. The number of rotatable bonds is 11. The monoisotopic (exact) mass is 443 g/mol. The van der Waals surface area contributed by atoms with Gasteiger partial charge in [0.1, 0.15) is 5.75 Å². The van der Waals surface area contributed by atoms with E-state index in [-0.39, 0.29) is 16.9 Å². The van der Waals surface area contributed by atoms with Crippen molar-refractivity contribution >= 4 is 34.8 Å². The maximum absolute atomic E-state index is 12.4. The molecule has 8 heteroatoms. The molecule has 0 unspecified atom stereocenters. The number of thiocarbonyl (C=S) groups is 1. The molecular formula is C23H29N3O4S. The van der Waals surface area contributed by atoms with Gasteiger partial charge in [-0.25, -0.2) is 0 Å². The molecule has 0 aliphatic carbocycles. The number of nitrogens with one attached hydrogen (secondary N) is 3. The second-order valence-corrected chi connectivity index (χ2v) is 7.23. The van der Waals surface area contributed by atoms with E-state index in [0.29, 0.717) is 36.6 Å². The van der Waals surface area contributed by atoms with E-state index >= 15 is 0 Å². The molecule has 0 radical (unpaired) electrons. The SMILES string of the molecule is CCCCOc1ccc(C(=O)NC(=S)Nc2cccc(C(=O)NCCCOC)c2)cc1. The highest BCUT2D eigenvalue weighted by atomic mass is 32.1. The van der Waals surface area contributed by atoms with Crippen molar-refractivity contribution in [2.75, 3.05) is 32.2 Å². The van der Waals surface area contributed by atoms with Gasteiger partial charge in [0.15, 0.2) is 5.11 Å². The zero-order valence-corrected chi connectivity index (χ0v) is 18.7. The Labute approximate surface area is 188 Å². The van der Waals surface area contributed by atoms with Gasteiger partial charge in [0.05, 0.1) is 6.61 Å². The number of carbonyl (C=O) groups is 2. The summed E-state index contributed by atoms with van der Waals surface area (Å²) >= 11 is 5.23. The van der Waals surface area contributed by atoms with Crippen LogP contribution in [0.5, 0.6) is 5.75 Å². The average Bonchev–Trinajstić information content (AvgIpc) is 2.77. The summed E-state index contributed by atoms with van der Waals surface area (Å²) in [6.07, 6.45) is 2.79. The molecule has 0 saturated heterocycles. The summed E-state index contributed by atoms with van der Waals surface area (Å²) in [6, 6.07) is 13.8. The number of hydrogen-bond acceptors (Lipinski definition) is 5. The quantitative estimate of drug-likeness (QED) is 0.362. The number of benzene rings is 2. The topological polar surface area (TPSA) is 88.7 Å². The van der Waals surface area contributed by atoms with Gasteiger partial charge in [-0.2, -0.15) is 0 Å². The van der Waals surface area contributed by atoms with Crippen molar-refractivity contribution in [1.82, 2.24) is 10.6 Å². The Kier molecular flexibility index (Phi) is 10.5. The molecule has 7 nitrogen and oxygen atoms in total. The van der Waals surface area contributed by atoms with Crippen LogP contribution in [0.4, 0.5) is 5.69 Å². The van der Waals surface area contributed by atoms with Gasteiger partial charge >= 0.3 is 0 Å². The third-order valence-electron chi connectivity index (χ3n) is 4.30. The predicted molar refractivity (Wildman–Crippen MR) is 126 cm³/mol. The van der Waals surface area contributed by atoms with Crippen LogP contribution in [0, 0.1) is 0 Å². The third-order valence-corrected chi connectivity index (χ3v) is 4.51. The first-order valence-corrected chi connectivity index (χ1v) is 10.7. The van der Waals surface area contributed by atoms with E-state index in [2.05, 4.69) is 22.9 Å². The fraction of sp³-hybridized carbons (Fsp3) is 0.348. The molecule has 166 valence electrons. The smallest absolute Gasteiger partial charge is 0.257 e. The third kappa shape index (κ3) is 8.74. The molecule has 0 aliphatic rings. The minimum absolute atomic E-state index is 0.144. The Morgan fingerprint density at radius 2 is 1.74 bits per heavy atom. The van der Waals surface area contributed by atoms with Crippen molar-refractivity contribution in [3.8, 4) is 5.75 Å². The molecule has 0 fully saturated rings. The standard InChI is InChI=1S/C23H29N3O4S/c1-3-4-15-30-20-11-9-17(10-12-20)22(28)26-23(31)25-19-8-5-7-18(16-19)21(27)24-13-6-14-29-2/h5,7-12,16H,3-4,6,13-15H2,1-2H3,(H,24,27)(H2,25,26,28,31). The molecule has 2 aromatic carbocycles. The number of unbranched alkanes of at least 4 members (excludes halogenated alkanes) is 1. The minimum atomic E-state index is -0.329. The average molecular weight is 444 g/mol. The highest BCUT2D eigenvalue weighted by Crippen LogP contribution is 2.13. The second kappa shape index (κ2) is 13.4. The summed E-state index contributed by atoms with van der Waals surface area (Å²) in [5.41, 5.74) is 1.57. The van der Waals surface area contributed by atoms with Crippen molar-refractivity contribution in [3.63, 3.8) is 0 Å². The molecule has 0 atom stereocenters. The molecule has 0 spiro atoms. The molecule has 0 aliphatic heterocycles. The Bertz CT molecular complexity index is 871. The molecule has 2 aromatic rings. The van der Waals surface area contributed by atoms with Crippen LogP contribution in [0.15, 0.2) is 48.5 Å². The highest BCUT2D eigenvalue weighted by molar-refractivity contribution is 7.80. The van der Waals surface area contributed by atoms with Crippen molar-refractivity contribution in [2.24, 2.45) is 0 Å². The van der Waals surface area contributed by atoms with Gasteiger partial charge in [-0.15, -0.1) is 0 Å². The lowest BCUT2D eigenvalue weighted by Gasteiger charge is -2.11. The normalized spacial score (nSPS) is 10.3. The molecule has 0 heterocycles. The fourth-order valence-electron chi connectivity index (χ4n) is 2.63. The number of hydrogen-bond donors (Lipinski definition) is 3. The zero-order chi connectivity index (χ0) is 22.5. The van der Waals surface area contributed by atoms with Gasteiger partial charge < -0.3 is 20.1 Å². The van der Waals surface area contributed by atoms with Gasteiger partial charge in [-0.3, -0.25) is 14.9 Å². The van der Waals surface area contributed by atoms with Gasteiger partial charge in [-0.05, 0) is 67.5 Å². The van der Waals surface area contributed by atoms with Gasteiger partial charge in [0, 0.05) is 37.1 Å². The number of methoxy groups -OCH3 is 1. The Balaban J connectivity index is 1.86. The van der Waals surface area contributed by atoms with E-state index in [0.717, 1.165) is 25.0 Å². The summed E-state index contributed by atoms with van der Waals surface area (Å²) in [5, 5.41) is 8.55. The first-order chi connectivity index (χ1) is 15.0. The Morgan fingerprint density at radius 1 is 0.968 bits per heavy atom. The summed E-state index contributed by atoms with van der Waals surface area (Å²) in [4.78, 5) is 24.6. The van der Waals surface area contributed by atoms with Gasteiger partial charge in [-0.1, -0.05) is 19.4 Å². The van der Waals surface area contributed by atoms with Crippen LogP contribution < -0.4 is 20.7 Å². The van der Waals surface area contributed by atoms with Crippen LogP contribution in [0.1, 0.15) is 46.9 Å². The van der Waals surface area contributed by atoms with Crippen LogP contribution in [0.2, 0.25) is 0 Å². The molecular weight excluding hydrogens is 414 g/mol. The van der Waals surface area contributed by atoms with Crippen LogP contribution in [0.25, 0.3) is 0 Å². The maximum atomic E-state index is 12.4. The lowest BCUT2D eigenvalue weighted by Crippen LogP contribution is -2.34. The van der Waals surface area contributed by atoms with E-state index in [1.807, 2.05) is 0 Å². The molecule has 2 rings (SSSR count). The van der Waals surface area contributed by atoms with Crippen LogP contribution in [0.3, 0.4) is 0 Å². The molecule has 0 aromatic heterocycles. The largest absolute Gasteiger partial charge is 0.494 e. The molecule has 31 heavy (non-hydrogen) atoms. The summed E-state index contributed by atoms with van der Waals surface area (Å²) in [5.74, 6) is 0.212. The molecule has 3 N–H and O–H groups in total. The second-order valence-electron chi connectivity index (χ2n) is 6.82. The predicted octanol–water partition coefficient (Wildman–Crippen LogP) is 3.76. The van der Waals surface area contributed by atoms with Crippen LogP contribution in [-0.4, -0.2) is 43.8 Å². The number of amides is 2. The van der Waals surface area contributed by atoms with Crippen LogP contribution >= 0.6 is 12.2 Å². The van der Waals surface area contributed by atoms with E-state index < -0.39 is 0 Å². The molecule has 0 bridgehead atoms. The van der Waals surface area contributed by atoms with Gasteiger partial charge in [0.25, 0.3) is 11.8 Å². The van der Waals surface area contributed by atoms with Crippen molar-refractivity contribution in [3.05, 3.63) is 59.7 Å². The van der Waals surface area contributed by atoms with Crippen molar-refractivity contribution in [1.29, 1.82) is 0 Å². The first-order valence-electron chi connectivity index (χ1n) is 10.3. The maximum Gasteiger partial charge on any atom is 0.257 e. The summed E-state index contributed by atoms with van der Waals surface area (Å²) in [7, 11) is 1.62. The molecule has 0 saturated carbocycles. The lowest BCUT2D eigenvalue weighted by atomic mass is 10.2. The summed E-state index contributed by atoms with van der Waals surface area (Å²) < 4.78 is 10.6. The fourth-order valence-corrected chi connectivity index (χ4v) is 2.84. The van der Waals surface area contributed by atoms with E-state index in [1.54, 1.807) is 55.6 Å². The number of ether oxygens (including phenoxy) is 2. The van der Waals surface area contributed by atoms with Crippen LogP contribution in [-0.2, 0) is 4.74 Å². The first kappa shape index (κ1) is 24.3. The van der Waals surface area contributed by atoms with E-state index in [1.165, 1.54) is 0 Å². The van der Waals surface area contributed by atoms with E-state index in [9.17, 15) is 9.59 Å².